The summed E-state index contributed by atoms with van der Waals surface area (Å²) in [4.78, 5) is 25.0. The van der Waals surface area contributed by atoms with E-state index in [1.807, 2.05) is 0 Å². The van der Waals surface area contributed by atoms with Crippen molar-refractivity contribution < 1.29 is 49.1 Å². The van der Waals surface area contributed by atoms with Crippen molar-refractivity contribution in [3.8, 4) is 0 Å². The average molecular weight is 565 g/mol. The van der Waals surface area contributed by atoms with Crippen LogP contribution in [-0.2, 0) is 38.3 Å². The standard InChI is InChI=1S/C24H22F6N2O5S/c25-23(26,27)15-9-16(24(28,29)30)11-20(10-15)38(35,36)31-22(34)32-17-6-7-18(32)13-19(12-17)37-21(33)8-14-4-2-1-3-5-14/h1-5,9-11,17-19H,6-8,12-13H2,(H,31,34)/t17-,18-/m0/s1. The van der Waals surface area contributed by atoms with Gasteiger partial charge in [-0.1, -0.05) is 30.3 Å². The van der Waals surface area contributed by atoms with Gasteiger partial charge in [-0.3, -0.25) is 4.79 Å². The van der Waals surface area contributed by atoms with Crippen molar-refractivity contribution in [2.45, 2.75) is 67.5 Å². The highest BCUT2D eigenvalue weighted by Crippen LogP contribution is 2.39. The summed E-state index contributed by atoms with van der Waals surface area (Å²) in [5, 5.41) is 0. The number of alkyl halides is 6. The first-order valence-electron chi connectivity index (χ1n) is 11.5. The fraction of sp³-hybridized carbons (Fsp3) is 0.417. The van der Waals surface area contributed by atoms with Crippen molar-refractivity contribution in [1.82, 2.24) is 9.62 Å². The Labute approximate surface area is 213 Å². The lowest BCUT2D eigenvalue weighted by molar-refractivity contribution is -0.151. The second-order valence-corrected chi connectivity index (χ2v) is 10.9. The zero-order valence-corrected chi connectivity index (χ0v) is 20.4. The molecule has 2 aromatic carbocycles. The lowest BCUT2D eigenvalue weighted by Crippen LogP contribution is -2.53. The summed E-state index contributed by atoms with van der Waals surface area (Å²) in [6, 6.07) is 6.54. The zero-order valence-electron chi connectivity index (χ0n) is 19.6. The number of amides is 2. The number of nitrogens with zero attached hydrogens (tertiary/aromatic N) is 1. The second kappa shape index (κ2) is 10.1. The average Bonchev–Trinajstić information content (AvgIpc) is 3.08. The van der Waals surface area contributed by atoms with E-state index in [4.69, 9.17) is 4.74 Å². The summed E-state index contributed by atoms with van der Waals surface area (Å²) >= 11 is 0. The van der Waals surface area contributed by atoms with Crippen molar-refractivity contribution in [3.63, 3.8) is 0 Å². The summed E-state index contributed by atoms with van der Waals surface area (Å²) in [7, 11) is -5.09. The molecule has 2 bridgehead atoms. The molecule has 206 valence electrons. The highest BCUT2D eigenvalue weighted by Gasteiger charge is 2.46. The lowest BCUT2D eigenvalue weighted by Gasteiger charge is -2.38. The fourth-order valence-corrected chi connectivity index (χ4v) is 5.87. The van der Waals surface area contributed by atoms with Gasteiger partial charge in [0.25, 0.3) is 10.0 Å². The Morgan fingerprint density at radius 1 is 0.895 bits per heavy atom. The third kappa shape index (κ3) is 6.22. The maximum atomic E-state index is 13.1. The number of hydrogen-bond donors (Lipinski definition) is 1. The molecule has 0 aliphatic carbocycles. The first-order chi connectivity index (χ1) is 17.6. The number of fused-ring (bicyclic) bond motifs is 2. The Kier molecular flexibility index (Phi) is 7.38. The van der Waals surface area contributed by atoms with Gasteiger partial charge in [0.15, 0.2) is 0 Å². The van der Waals surface area contributed by atoms with Crippen LogP contribution >= 0.6 is 0 Å². The van der Waals surface area contributed by atoms with Crippen LogP contribution in [-0.4, -0.2) is 43.5 Å². The van der Waals surface area contributed by atoms with Gasteiger partial charge in [0.1, 0.15) is 6.10 Å². The number of carbonyl (C=O) groups excluding carboxylic acids is 2. The zero-order chi connectivity index (χ0) is 27.9. The van der Waals surface area contributed by atoms with Gasteiger partial charge in [0.2, 0.25) is 0 Å². The van der Waals surface area contributed by atoms with Gasteiger partial charge in [0.05, 0.1) is 22.4 Å². The maximum Gasteiger partial charge on any atom is 0.416 e. The number of sulfonamides is 1. The first kappa shape index (κ1) is 27.7. The van der Waals surface area contributed by atoms with Gasteiger partial charge in [-0.05, 0) is 36.6 Å². The minimum absolute atomic E-state index is 0.0396. The summed E-state index contributed by atoms with van der Waals surface area (Å²) in [6.07, 6.45) is -9.63. The van der Waals surface area contributed by atoms with Crippen molar-refractivity contribution in [1.29, 1.82) is 0 Å². The normalized spacial score (nSPS) is 21.7. The van der Waals surface area contributed by atoms with Gasteiger partial charge < -0.3 is 9.64 Å². The number of piperidine rings is 1. The van der Waals surface area contributed by atoms with Crippen molar-refractivity contribution >= 4 is 22.0 Å². The highest BCUT2D eigenvalue weighted by atomic mass is 32.2. The predicted molar refractivity (Wildman–Crippen MR) is 120 cm³/mol. The molecule has 0 spiro atoms. The number of urea groups is 1. The maximum absolute atomic E-state index is 13.1. The number of ether oxygens (including phenoxy) is 1. The molecule has 0 radical (unpaired) electrons. The Hall–Kier alpha value is -3.29. The molecule has 14 heteroatoms. The molecule has 0 saturated carbocycles. The number of esters is 1. The van der Waals surface area contributed by atoms with Crippen LogP contribution in [0.4, 0.5) is 31.1 Å². The minimum atomic E-state index is -5.26. The Bertz CT molecular complexity index is 1270. The van der Waals surface area contributed by atoms with Crippen LogP contribution < -0.4 is 4.72 Å². The molecule has 2 fully saturated rings. The van der Waals surface area contributed by atoms with Crippen molar-refractivity contribution in [2.75, 3.05) is 0 Å². The van der Waals surface area contributed by atoms with E-state index >= 15 is 0 Å². The number of rotatable bonds is 5. The van der Waals surface area contributed by atoms with E-state index in [0.717, 1.165) is 5.56 Å². The molecule has 2 aliphatic rings. The molecule has 2 aliphatic heterocycles. The molecule has 0 aromatic heterocycles. The van der Waals surface area contributed by atoms with Gasteiger partial charge in [-0.15, -0.1) is 0 Å². The molecule has 2 amide bonds. The van der Waals surface area contributed by atoms with E-state index in [-0.39, 0.29) is 37.5 Å². The highest BCUT2D eigenvalue weighted by molar-refractivity contribution is 7.90. The largest absolute Gasteiger partial charge is 0.462 e. The summed E-state index contributed by atoms with van der Waals surface area (Å²) < 4.78 is 111. The number of nitrogens with one attached hydrogen (secondary N) is 1. The van der Waals surface area contributed by atoms with Crippen LogP contribution in [0.25, 0.3) is 0 Å². The molecular formula is C24H22F6N2O5S. The summed E-state index contributed by atoms with van der Waals surface area (Å²) in [5.74, 6) is -0.467. The van der Waals surface area contributed by atoms with Crippen LogP contribution in [0.15, 0.2) is 53.4 Å². The molecule has 7 nitrogen and oxygen atoms in total. The summed E-state index contributed by atoms with van der Waals surface area (Å²) in [5.41, 5.74) is -2.89. The number of carbonyl (C=O) groups is 2. The van der Waals surface area contributed by atoms with Gasteiger partial charge in [-0.25, -0.2) is 17.9 Å². The van der Waals surface area contributed by atoms with Gasteiger partial charge in [0, 0.05) is 24.9 Å². The second-order valence-electron chi connectivity index (χ2n) is 9.19. The van der Waals surface area contributed by atoms with Crippen LogP contribution in [0.1, 0.15) is 42.4 Å². The molecule has 4 rings (SSSR count). The molecule has 2 heterocycles. The topological polar surface area (TPSA) is 92.8 Å². The van der Waals surface area contributed by atoms with Gasteiger partial charge in [-0.2, -0.15) is 26.3 Å². The number of halogens is 6. The molecule has 2 saturated heterocycles. The van der Waals surface area contributed by atoms with Crippen LogP contribution in [0.2, 0.25) is 0 Å². The predicted octanol–water partition coefficient (Wildman–Crippen LogP) is 4.90. The monoisotopic (exact) mass is 564 g/mol. The van der Waals surface area contributed by atoms with E-state index in [1.54, 1.807) is 35.1 Å². The van der Waals surface area contributed by atoms with E-state index in [2.05, 4.69) is 0 Å². The number of benzene rings is 2. The van der Waals surface area contributed by atoms with E-state index in [9.17, 15) is 44.3 Å². The minimum Gasteiger partial charge on any atom is -0.462 e. The smallest absolute Gasteiger partial charge is 0.416 e. The van der Waals surface area contributed by atoms with Crippen molar-refractivity contribution in [2.24, 2.45) is 0 Å². The fourth-order valence-electron chi connectivity index (χ4n) is 4.85. The molecule has 0 unspecified atom stereocenters. The molecule has 2 aromatic rings. The van der Waals surface area contributed by atoms with Crippen LogP contribution in [0.5, 0.6) is 0 Å². The lowest BCUT2D eigenvalue weighted by atomic mass is 10.00. The SMILES string of the molecule is O=C(Cc1ccccc1)OC1C[C@@H]2CC[C@@H](C1)N2C(=O)NS(=O)(=O)c1cc(C(F)(F)F)cc(C(F)(F)F)c1. The van der Waals surface area contributed by atoms with Gasteiger partial charge >= 0.3 is 24.4 Å². The van der Waals surface area contributed by atoms with E-state index in [0.29, 0.717) is 12.8 Å². The Morgan fingerprint density at radius 3 is 1.92 bits per heavy atom. The quantitative estimate of drug-likeness (QED) is 0.412. The van der Waals surface area contributed by atoms with Crippen molar-refractivity contribution in [3.05, 3.63) is 65.2 Å². The first-order valence-corrected chi connectivity index (χ1v) is 13.0. The molecule has 38 heavy (non-hydrogen) atoms. The molecular weight excluding hydrogens is 542 g/mol. The van der Waals surface area contributed by atoms with Crippen LogP contribution in [0.3, 0.4) is 0 Å². The number of hydrogen-bond acceptors (Lipinski definition) is 5. The summed E-state index contributed by atoms with van der Waals surface area (Å²) in [6.45, 7) is 0. The third-order valence-electron chi connectivity index (χ3n) is 6.51. The van der Waals surface area contributed by atoms with E-state index < -0.39 is 68.6 Å². The Morgan fingerprint density at radius 2 is 1.42 bits per heavy atom. The molecule has 1 N–H and O–H groups in total. The Balaban J connectivity index is 1.46. The van der Waals surface area contributed by atoms with Crippen LogP contribution in [0, 0.1) is 0 Å². The molecule has 2 atom stereocenters. The van der Waals surface area contributed by atoms with E-state index in [1.165, 1.54) is 4.90 Å². The third-order valence-corrected chi connectivity index (χ3v) is 7.81.